The van der Waals surface area contributed by atoms with Crippen LogP contribution in [-0.2, 0) is 6.54 Å². The van der Waals surface area contributed by atoms with Crippen molar-refractivity contribution in [1.82, 2.24) is 15.6 Å². The first kappa shape index (κ1) is 28.7. The maximum Gasteiger partial charge on any atom is 0.544 e. The molecule has 1 amide bonds. The van der Waals surface area contributed by atoms with Crippen LogP contribution in [0.3, 0.4) is 0 Å². The molecule has 1 aliphatic carbocycles. The maximum atomic E-state index is 13.9. The summed E-state index contributed by atoms with van der Waals surface area (Å²) >= 11 is 0. The van der Waals surface area contributed by atoms with Gasteiger partial charge in [0.05, 0.1) is 12.7 Å². The van der Waals surface area contributed by atoms with Crippen molar-refractivity contribution in [3.05, 3.63) is 83.6 Å². The first-order valence-corrected chi connectivity index (χ1v) is 15.2. The summed E-state index contributed by atoms with van der Waals surface area (Å²) in [5.74, 6) is -0.292. The lowest BCUT2D eigenvalue weighted by molar-refractivity contribution is 0.0920. The normalized spacial score (nSPS) is 17.4. The van der Waals surface area contributed by atoms with Crippen molar-refractivity contribution in [1.29, 1.82) is 0 Å². The van der Waals surface area contributed by atoms with Gasteiger partial charge in [-0.3, -0.25) is 4.79 Å². The molecule has 0 radical (unpaired) electrons. The summed E-state index contributed by atoms with van der Waals surface area (Å²) in [6, 6.07) is 15.0. The van der Waals surface area contributed by atoms with E-state index in [-0.39, 0.29) is 22.5 Å². The van der Waals surface area contributed by atoms with Gasteiger partial charge >= 0.3 is 9.04 Å². The fourth-order valence-corrected chi connectivity index (χ4v) is 5.05. The van der Waals surface area contributed by atoms with Gasteiger partial charge in [-0.15, -0.1) is 0 Å². The maximum absolute atomic E-state index is 13.9. The van der Waals surface area contributed by atoms with Crippen molar-refractivity contribution in [3.8, 4) is 17.4 Å². The second kappa shape index (κ2) is 12.7. The smallest absolute Gasteiger partial charge is 0.438 e. The Morgan fingerprint density at radius 3 is 2.21 bits per heavy atom. The minimum atomic E-state index is -0.938. The van der Waals surface area contributed by atoms with E-state index in [1.165, 1.54) is 29.8 Å². The van der Waals surface area contributed by atoms with Crippen LogP contribution in [0.1, 0.15) is 62.4 Å². The van der Waals surface area contributed by atoms with Crippen molar-refractivity contribution in [3.63, 3.8) is 0 Å². The van der Waals surface area contributed by atoms with Crippen LogP contribution < -0.4 is 19.8 Å². The monoisotopic (exact) mass is 552 g/mol. The van der Waals surface area contributed by atoms with Crippen LogP contribution in [0.4, 0.5) is 8.78 Å². The van der Waals surface area contributed by atoms with E-state index in [2.05, 4.69) is 55.1 Å². The van der Waals surface area contributed by atoms with E-state index in [1.54, 1.807) is 0 Å². The highest BCUT2D eigenvalue weighted by molar-refractivity contribution is 6.54. The van der Waals surface area contributed by atoms with Crippen LogP contribution in [-0.4, -0.2) is 32.0 Å². The van der Waals surface area contributed by atoms with Crippen molar-refractivity contribution in [2.24, 2.45) is 0 Å². The number of benzene rings is 2. The number of nitrogens with zero attached hydrogens (tertiary/aromatic N) is 1. The Morgan fingerprint density at radius 2 is 1.56 bits per heavy atom. The third-order valence-electron chi connectivity index (χ3n) is 7.00. The number of halogens is 2. The van der Waals surface area contributed by atoms with Crippen molar-refractivity contribution in [2.75, 3.05) is 0 Å². The molecule has 9 heteroatoms. The van der Waals surface area contributed by atoms with Crippen LogP contribution >= 0.6 is 0 Å². The van der Waals surface area contributed by atoms with E-state index in [0.717, 1.165) is 50.2 Å². The summed E-state index contributed by atoms with van der Waals surface area (Å²) in [7, 11) is -0.938. The number of rotatable bonds is 9. The predicted octanol–water partition coefficient (Wildman–Crippen LogP) is 6.78. The number of ether oxygens (including phenoxy) is 1. The quantitative estimate of drug-likeness (QED) is 0.286. The highest BCUT2D eigenvalue weighted by atomic mass is 28.3. The summed E-state index contributed by atoms with van der Waals surface area (Å²) in [6.07, 6.45) is 4.43. The zero-order valence-corrected chi connectivity index (χ0v) is 23.9. The summed E-state index contributed by atoms with van der Waals surface area (Å²) < 4.78 is 38.9. The Balaban J connectivity index is 1.25. The predicted molar refractivity (Wildman–Crippen MR) is 149 cm³/mol. The minimum absolute atomic E-state index is 0.00542. The Morgan fingerprint density at radius 1 is 0.949 bits per heavy atom. The highest BCUT2D eigenvalue weighted by Gasteiger charge is 2.41. The average Bonchev–Trinajstić information content (AvgIpc) is 2.91. The molecule has 1 fully saturated rings. The van der Waals surface area contributed by atoms with Gasteiger partial charge in [-0.05, 0) is 94.5 Å². The number of hydrogen-bond acceptors (Lipinski definition) is 5. The number of hydrogen-bond donors (Lipinski definition) is 2. The molecule has 0 atom stereocenters. The molecule has 1 aromatic heterocycles. The average molecular weight is 553 g/mol. The van der Waals surface area contributed by atoms with Crippen LogP contribution in [0.15, 0.2) is 60.8 Å². The largest absolute Gasteiger partial charge is 0.544 e. The zero-order valence-electron chi connectivity index (χ0n) is 22.9. The lowest BCUT2D eigenvalue weighted by Gasteiger charge is -2.30. The second-order valence-electron chi connectivity index (χ2n) is 11.0. The topological polar surface area (TPSA) is 72.5 Å². The van der Waals surface area contributed by atoms with E-state index < -0.39 is 26.6 Å². The van der Waals surface area contributed by atoms with Crippen molar-refractivity contribution < 1.29 is 22.7 Å². The van der Waals surface area contributed by atoms with Crippen LogP contribution in [0.5, 0.6) is 17.4 Å². The number of aromatic nitrogens is 1. The lowest BCUT2D eigenvalue weighted by atomic mass is 9.91. The van der Waals surface area contributed by atoms with Gasteiger partial charge in [0.25, 0.3) is 5.91 Å². The molecule has 0 unspecified atom stereocenters. The Bertz CT molecular complexity index is 1240. The molecule has 3 aromatic rings. The first-order valence-electron chi connectivity index (χ1n) is 13.3. The van der Waals surface area contributed by atoms with Gasteiger partial charge in [-0.25, -0.2) is 13.8 Å². The molecule has 6 nitrogen and oxygen atoms in total. The first-order chi connectivity index (χ1) is 18.6. The van der Waals surface area contributed by atoms with Gasteiger partial charge in [0.15, 0.2) is 5.75 Å². The Hall–Kier alpha value is -3.30. The fourth-order valence-electron chi connectivity index (χ4n) is 4.26. The standard InChI is InChI=1S/C30H35F2N3O3Si/c1-30(2,3)39(4)38-26-13-5-20(6-14-26)18-33-23-9-11-24(12-10-23)35-28(36)27-17-22(32)19-34-29(27)37-25-15-7-21(31)8-16-25/h5-8,13-17,19,23-24,33H,9-12,18H2,1-4H3/p+1. The van der Waals surface area contributed by atoms with E-state index in [9.17, 15) is 13.6 Å². The summed E-state index contributed by atoms with van der Waals surface area (Å²) in [4.78, 5) is 16.9. The highest BCUT2D eigenvalue weighted by Crippen LogP contribution is 2.29. The van der Waals surface area contributed by atoms with Gasteiger partial charge in [-0.1, -0.05) is 12.1 Å². The molecule has 4 rings (SSSR count). The summed E-state index contributed by atoms with van der Waals surface area (Å²) in [5, 5.41) is 6.80. The van der Waals surface area contributed by atoms with Gasteiger partial charge in [0.2, 0.25) is 5.88 Å². The minimum Gasteiger partial charge on any atom is -0.438 e. The molecule has 1 saturated carbocycles. The molecular formula is C30H36F2N3O3Si+. The Labute approximate surface area is 230 Å². The van der Waals surface area contributed by atoms with Gasteiger partial charge in [0.1, 0.15) is 28.0 Å². The molecule has 1 heterocycles. The third kappa shape index (κ3) is 8.34. The van der Waals surface area contributed by atoms with Crippen LogP contribution in [0, 0.1) is 11.6 Å². The van der Waals surface area contributed by atoms with Gasteiger partial charge < -0.3 is 19.8 Å². The number of nitrogens with one attached hydrogen (secondary N) is 2. The molecule has 0 bridgehead atoms. The van der Waals surface area contributed by atoms with Crippen LogP contribution in [0.2, 0.25) is 11.6 Å². The van der Waals surface area contributed by atoms with Gasteiger partial charge in [0, 0.05) is 18.6 Å². The van der Waals surface area contributed by atoms with Crippen molar-refractivity contribution >= 4 is 14.9 Å². The molecule has 2 N–H and O–H groups in total. The second-order valence-corrected chi connectivity index (χ2v) is 13.8. The fraction of sp³-hybridized carbons (Fsp3) is 0.400. The molecule has 206 valence electrons. The van der Waals surface area contributed by atoms with E-state index in [4.69, 9.17) is 9.16 Å². The molecule has 39 heavy (non-hydrogen) atoms. The van der Waals surface area contributed by atoms with E-state index in [1.807, 2.05) is 12.1 Å². The molecular weight excluding hydrogens is 516 g/mol. The summed E-state index contributed by atoms with van der Waals surface area (Å²) in [6.45, 7) is 9.58. The number of amides is 1. The number of carbonyl (C=O) groups excluding carboxylic acids is 1. The van der Waals surface area contributed by atoms with E-state index in [0.29, 0.717) is 11.8 Å². The molecule has 2 aromatic carbocycles. The third-order valence-corrected chi connectivity index (χ3v) is 9.65. The molecule has 1 aliphatic rings. The SMILES string of the molecule is C[Si+](Oc1ccc(CNC2CCC(NC(=O)c3cc(F)cnc3Oc3ccc(F)cc3)CC2)cc1)C(C)(C)C. The van der Waals surface area contributed by atoms with Crippen molar-refractivity contribution in [2.45, 2.75) is 76.7 Å². The lowest BCUT2D eigenvalue weighted by Crippen LogP contribution is -2.42. The molecule has 0 aliphatic heterocycles. The van der Waals surface area contributed by atoms with Gasteiger partial charge in [-0.2, -0.15) is 0 Å². The van der Waals surface area contributed by atoms with E-state index >= 15 is 0 Å². The molecule has 0 spiro atoms. The number of carbonyl (C=O) groups is 1. The Kier molecular flexibility index (Phi) is 9.35. The van der Waals surface area contributed by atoms with Crippen LogP contribution in [0.25, 0.3) is 0 Å². The zero-order chi connectivity index (χ0) is 28.0. The number of pyridine rings is 1. The molecule has 0 saturated heterocycles. The summed E-state index contributed by atoms with van der Waals surface area (Å²) in [5.41, 5.74) is 1.21.